The van der Waals surface area contributed by atoms with Crippen molar-refractivity contribution in [1.29, 1.82) is 0 Å². The van der Waals surface area contributed by atoms with Crippen LogP contribution in [0.2, 0.25) is 0 Å². The molecular formula is C22H26N2O4S. The van der Waals surface area contributed by atoms with Gasteiger partial charge in [0, 0.05) is 17.8 Å². The summed E-state index contributed by atoms with van der Waals surface area (Å²) in [4.78, 5) is 12.2. The van der Waals surface area contributed by atoms with Crippen LogP contribution in [0, 0.1) is 0 Å². The van der Waals surface area contributed by atoms with Crippen molar-refractivity contribution in [2.75, 3.05) is 11.8 Å². The van der Waals surface area contributed by atoms with Gasteiger partial charge in [-0.3, -0.25) is 9.52 Å². The van der Waals surface area contributed by atoms with Crippen LogP contribution in [0.3, 0.4) is 0 Å². The van der Waals surface area contributed by atoms with E-state index in [4.69, 9.17) is 4.74 Å². The predicted octanol–water partition coefficient (Wildman–Crippen LogP) is 3.96. The van der Waals surface area contributed by atoms with Gasteiger partial charge in [-0.05, 0) is 60.9 Å². The SMILES string of the molecule is COc1ccc(NS(=O)(=O)c2ccc(/C=C/C(=O)NC3CCCCC3)cc2)cc1. The number of hydrogen-bond acceptors (Lipinski definition) is 4. The highest BCUT2D eigenvalue weighted by atomic mass is 32.2. The van der Waals surface area contributed by atoms with E-state index in [1.165, 1.54) is 24.6 Å². The first-order valence-corrected chi connectivity index (χ1v) is 11.2. The van der Waals surface area contributed by atoms with Crippen LogP contribution in [-0.2, 0) is 14.8 Å². The summed E-state index contributed by atoms with van der Waals surface area (Å²) in [5.41, 5.74) is 1.21. The van der Waals surface area contributed by atoms with Crippen molar-refractivity contribution in [3.8, 4) is 5.75 Å². The molecular weight excluding hydrogens is 388 g/mol. The first-order valence-electron chi connectivity index (χ1n) is 9.72. The van der Waals surface area contributed by atoms with Crippen LogP contribution in [0.5, 0.6) is 5.75 Å². The Balaban J connectivity index is 1.59. The fourth-order valence-corrected chi connectivity index (χ4v) is 4.36. The second kappa shape index (κ2) is 9.60. The summed E-state index contributed by atoms with van der Waals surface area (Å²) in [6.45, 7) is 0. The topological polar surface area (TPSA) is 84.5 Å². The van der Waals surface area contributed by atoms with E-state index in [9.17, 15) is 13.2 Å². The van der Waals surface area contributed by atoms with Gasteiger partial charge in [-0.1, -0.05) is 31.4 Å². The van der Waals surface area contributed by atoms with Crippen LogP contribution in [0.1, 0.15) is 37.7 Å². The molecule has 7 heteroatoms. The largest absolute Gasteiger partial charge is 0.497 e. The van der Waals surface area contributed by atoms with Crippen molar-refractivity contribution in [3.63, 3.8) is 0 Å². The van der Waals surface area contributed by atoms with E-state index in [1.54, 1.807) is 49.6 Å². The quantitative estimate of drug-likeness (QED) is 0.672. The van der Waals surface area contributed by atoms with Crippen LogP contribution < -0.4 is 14.8 Å². The average molecular weight is 415 g/mol. The third-order valence-corrected chi connectivity index (χ3v) is 6.31. The van der Waals surface area contributed by atoms with Crippen molar-refractivity contribution in [3.05, 3.63) is 60.2 Å². The predicted molar refractivity (Wildman–Crippen MR) is 114 cm³/mol. The molecule has 1 saturated carbocycles. The molecule has 29 heavy (non-hydrogen) atoms. The number of benzene rings is 2. The molecule has 1 aliphatic rings. The summed E-state index contributed by atoms with van der Waals surface area (Å²) in [5.74, 6) is 0.534. The number of amides is 1. The van der Waals surface area contributed by atoms with E-state index in [1.807, 2.05) is 0 Å². The highest BCUT2D eigenvalue weighted by Crippen LogP contribution is 2.20. The second-order valence-electron chi connectivity index (χ2n) is 7.08. The van der Waals surface area contributed by atoms with Gasteiger partial charge in [0.25, 0.3) is 10.0 Å². The van der Waals surface area contributed by atoms with E-state index in [-0.39, 0.29) is 16.8 Å². The number of carbonyl (C=O) groups is 1. The Hall–Kier alpha value is -2.80. The van der Waals surface area contributed by atoms with E-state index >= 15 is 0 Å². The van der Waals surface area contributed by atoms with Gasteiger partial charge < -0.3 is 10.1 Å². The molecule has 6 nitrogen and oxygen atoms in total. The minimum atomic E-state index is -3.69. The maximum Gasteiger partial charge on any atom is 0.261 e. The second-order valence-corrected chi connectivity index (χ2v) is 8.76. The summed E-state index contributed by atoms with van der Waals surface area (Å²) in [5, 5.41) is 3.02. The van der Waals surface area contributed by atoms with Crippen LogP contribution in [0.15, 0.2) is 59.5 Å². The van der Waals surface area contributed by atoms with E-state index in [0.29, 0.717) is 11.4 Å². The van der Waals surface area contributed by atoms with Crippen molar-refractivity contribution in [1.82, 2.24) is 5.32 Å². The first-order chi connectivity index (χ1) is 14.0. The molecule has 1 fully saturated rings. The summed E-state index contributed by atoms with van der Waals surface area (Å²) in [7, 11) is -2.14. The van der Waals surface area contributed by atoms with Gasteiger partial charge in [-0.25, -0.2) is 8.42 Å². The summed E-state index contributed by atoms with van der Waals surface area (Å²) < 4.78 is 32.7. The molecule has 0 heterocycles. The summed E-state index contributed by atoms with van der Waals surface area (Å²) in [6.07, 6.45) is 8.81. The molecule has 0 bridgehead atoms. The van der Waals surface area contributed by atoms with Gasteiger partial charge >= 0.3 is 0 Å². The summed E-state index contributed by atoms with van der Waals surface area (Å²) in [6, 6.07) is 13.3. The monoisotopic (exact) mass is 414 g/mol. The van der Waals surface area contributed by atoms with Crippen LogP contribution >= 0.6 is 0 Å². The maximum absolute atomic E-state index is 12.5. The fraction of sp³-hybridized carbons (Fsp3) is 0.318. The molecule has 2 aromatic carbocycles. The lowest BCUT2D eigenvalue weighted by Gasteiger charge is -2.21. The van der Waals surface area contributed by atoms with Gasteiger partial charge in [0.1, 0.15) is 5.75 Å². The molecule has 0 atom stereocenters. The Morgan fingerprint density at radius 1 is 1.00 bits per heavy atom. The fourth-order valence-electron chi connectivity index (χ4n) is 3.30. The first kappa shape index (κ1) is 20.9. The van der Waals surface area contributed by atoms with Gasteiger partial charge in [0.05, 0.1) is 12.0 Å². The highest BCUT2D eigenvalue weighted by Gasteiger charge is 2.15. The molecule has 2 aromatic rings. The lowest BCUT2D eigenvalue weighted by Crippen LogP contribution is -2.34. The lowest BCUT2D eigenvalue weighted by molar-refractivity contribution is -0.117. The van der Waals surface area contributed by atoms with Crippen molar-refractivity contribution in [2.24, 2.45) is 0 Å². The molecule has 1 amide bonds. The number of methoxy groups -OCH3 is 1. The minimum Gasteiger partial charge on any atom is -0.497 e. The van der Waals surface area contributed by atoms with Crippen molar-refractivity contribution >= 4 is 27.7 Å². The van der Waals surface area contributed by atoms with Crippen molar-refractivity contribution < 1.29 is 17.9 Å². The Morgan fingerprint density at radius 3 is 2.28 bits per heavy atom. The summed E-state index contributed by atoms with van der Waals surface area (Å²) >= 11 is 0. The number of carbonyl (C=O) groups excluding carboxylic acids is 1. The number of rotatable bonds is 7. The van der Waals surface area contributed by atoms with Crippen LogP contribution in [0.4, 0.5) is 5.69 Å². The Labute approximate surface area is 172 Å². The Morgan fingerprint density at radius 2 is 1.66 bits per heavy atom. The van der Waals surface area contributed by atoms with Gasteiger partial charge in [-0.2, -0.15) is 0 Å². The zero-order valence-corrected chi connectivity index (χ0v) is 17.2. The number of anilines is 1. The molecule has 1 aliphatic carbocycles. The number of hydrogen-bond donors (Lipinski definition) is 2. The molecule has 0 radical (unpaired) electrons. The van der Waals surface area contributed by atoms with E-state index in [2.05, 4.69) is 10.0 Å². The average Bonchev–Trinajstić information content (AvgIpc) is 2.73. The lowest BCUT2D eigenvalue weighted by atomic mass is 9.95. The van der Waals surface area contributed by atoms with Crippen molar-refractivity contribution in [2.45, 2.75) is 43.0 Å². The Kier molecular flexibility index (Phi) is 6.93. The Bertz CT molecular complexity index is 945. The standard InChI is InChI=1S/C22H26N2O4S/c1-28-20-12-10-19(11-13-20)24-29(26,27)21-14-7-17(8-15-21)9-16-22(25)23-18-5-3-2-4-6-18/h7-16,18,24H,2-6H2,1H3,(H,23,25)/b16-9+. The molecule has 0 saturated heterocycles. The normalized spacial score (nSPS) is 15.2. The smallest absolute Gasteiger partial charge is 0.261 e. The third-order valence-electron chi connectivity index (χ3n) is 4.91. The molecule has 154 valence electrons. The molecule has 0 unspecified atom stereocenters. The van der Waals surface area contributed by atoms with Crippen LogP contribution in [0.25, 0.3) is 6.08 Å². The van der Waals surface area contributed by atoms with E-state index in [0.717, 1.165) is 31.2 Å². The maximum atomic E-state index is 12.5. The molecule has 3 rings (SSSR count). The van der Waals surface area contributed by atoms with Gasteiger partial charge in [-0.15, -0.1) is 0 Å². The number of nitrogens with one attached hydrogen (secondary N) is 2. The van der Waals surface area contributed by atoms with E-state index < -0.39 is 10.0 Å². The zero-order chi connectivity index (χ0) is 20.7. The third kappa shape index (κ3) is 6.09. The van der Waals surface area contributed by atoms with Gasteiger partial charge in [0.15, 0.2) is 0 Å². The highest BCUT2D eigenvalue weighted by molar-refractivity contribution is 7.92. The molecule has 0 spiro atoms. The van der Waals surface area contributed by atoms with Gasteiger partial charge in [0.2, 0.25) is 5.91 Å². The number of sulfonamides is 1. The molecule has 2 N–H and O–H groups in total. The van der Waals surface area contributed by atoms with Crippen LogP contribution in [-0.4, -0.2) is 27.5 Å². The zero-order valence-electron chi connectivity index (χ0n) is 16.4. The molecule has 0 aliphatic heterocycles. The molecule has 0 aromatic heterocycles. The minimum absolute atomic E-state index is 0.116. The number of ether oxygens (including phenoxy) is 1.